The van der Waals surface area contributed by atoms with Crippen molar-refractivity contribution < 1.29 is 0 Å². The van der Waals surface area contributed by atoms with Gasteiger partial charge in [0, 0.05) is 31.4 Å². The van der Waals surface area contributed by atoms with Gasteiger partial charge in [0.2, 0.25) is 17.2 Å². The highest BCUT2D eigenvalue weighted by Gasteiger charge is 2.09. The van der Waals surface area contributed by atoms with Crippen LogP contribution in [0.2, 0.25) is 5.28 Å². The molecule has 2 heterocycles. The zero-order chi connectivity index (χ0) is 14.4. The van der Waals surface area contributed by atoms with Crippen molar-refractivity contribution in [2.24, 2.45) is 0 Å². The molecule has 0 amide bonds. The van der Waals surface area contributed by atoms with Gasteiger partial charge in [-0.25, -0.2) is 4.98 Å². The predicted octanol–water partition coefficient (Wildman–Crippen LogP) is 2.48. The first-order chi connectivity index (χ1) is 9.72. The maximum Gasteiger partial charge on any atom is 0.231 e. The lowest BCUT2D eigenvalue weighted by molar-refractivity contribution is 0.810. The molecule has 20 heavy (non-hydrogen) atoms. The molecule has 0 unspecified atom stereocenters. The Kier molecular flexibility index (Phi) is 5.49. The van der Waals surface area contributed by atoms with Crippen LogP contribution in [0.15, 0.2) is 10.9 Å². The van der Waals surface area contributed by atoms with Gasteiger partial charge >= 0.3 is 0 Å². The van der Waals surface area contributed by atoms with Crippen LogP contribution in [-0.4, -0.2) is 39.6 Å². The molecule has 0 aliphatic heterocycles. The molecule has 0 saturated heterocycles. The smallest absolute Gasteiger partial charge is 0.231 e. The summed E-state index contributed by atoms with van der Waals surface area (Å²) >= 11 is 7.54. The van der Waals surface area contributed by atoms with Crippen LogP contribution in [-0.2, 0) is 6.42 Å². The molecule has 0 fully saturated rings. The number of thiazole rings is 1. The second-order valence-electron chi connectivity index (χ2n) is 4.06. The lowest BCUT2D eigenvalue weighted by Crippen LogP contribution is -2.25. The molecule has 2 aromatic heterocycles. The monoisotopic (exact) mass is 312 g/mol. The number of halogens is 1. The van der Waals surface area contributed by atoms with E-state index in [1.807, 2.05) is 15.8 Å². The number of nitrogens with zero attached hydrogens (tertiary/aromatic N) is 5. The van der Waals surface area contributed by atoms with E-state index in [2.05, 4.69) is 39.1 Å². The summed E-state index contributed by atoms with van der Waals surface area (Å²) in [7, 11) is 0. The van der Waals surface area contributed by atoms with Gasteiger partial charge in [0.05, 0.1) is 11.2 Å². The highest BCUT2D eigenvalue weighted by Crippen LogP contribution is 2.13. The van der Waals surface area contributed by atoms with E-state index in [0.717, 1.165) is 25.2 Å². The van der Waals surface area contributed by atoms with Crippen LogP contribution in [0.1, 0.15) is 19.5 Å². The van der Waals surface area contributed by atoms with E-state index < -0.39 is 0 Å². The normalized spacial score (nSPS) is 10.6. The van der Waals surface area contributed by atoms with Crippen molar-refractivity contribution in [2.75, 3.05) is 29.9 Å². The number of hydrogen-bond donors (Lipinski definition) is 1. The predicted molar refractivity (Wildman–Crippen MR) is 82.7 cm³/mol. The maximum atomic E-state index is 5.95. The molecule has 0 aliphatic rings. The second kappa shape index (κ2) is 7.35. The molecule has 0 aromatic carbocycles. The fourth-order valence-electron chi connectivity index (χ4n) is 1.73. The fourth-order valence-corrected chi connectivity index (χ4v) is 2.48. The number of anilines is 2. The average molecular weight is 313 g/mol. The molecule has 8 heteroatoms. The first-order valence-corrected chi connectivity index (χ1v) is 7.82. The van der Waals surface area contributed by atoms with Crippen LogP contribution in [0, 0.1) is 0 Å². The Labute approximate surface area is 127 Å². The van der Waals surface area contributed by atoms with Gasteiger partial charge in [-0.2, -0.15) is 15.0 Å². The summed E-state index contributed by atoms with van der Waals surface area (Å²) in [5.41, 5.74) is 2.89. The van der Waals surface area contributed by atoms with Crippen LogP contribution >= 0.6 is 22.9 Å². The minimum atomic E-state index is 0.207. The van der Waals surface area contributed by atoms with E-state index in [-0.39, 0.29) is 5.28 Å². The van der Waals surface area contributed by atoms with E-state index in [9.17, 15) is 0 Å². The Bertz CT molecular complexity index is 529. The summed E-state index contributed by atoms with van der Waals surface area (Å²) in [5.74, 6) is 1.10. The fraction of sp³-hybridized carbons (Fsp3) is 0.500. The molecule has 0 bridgehead atoms. The SMILES string of the molecule is CCN(CC)c1nc(Cl)nc(NCCc2cscn2)n1. The molecular formula is C12H17ClN6S. The van der Waals surface area contributed by atoms with Gasteiger partial charge in [-0.15, -0.1) is 11.3 Å². The van der Waals surface area contributed by atoms with Crippen LogP contribution < -0.4 is 10.2 Å². The molecule has 0 saturated carbocycles. The standard InChI is InChI=1S/C12H17ClN6S/c1-3-19(4-2)12-17-10(13)16-11(18-12)14-6-5-9-7-20-8-15-9/h7-8H,3-6H2,1-2H3,(H,14,16,17,18). The van der Waals surface area contributed by atoms with Gasteiger partial charge in [0.25, 0.3) is 0 Å². The van der Waals surface area contributed by atoms with Gasteiger partial charge in [0.15, 0.2) is 0 Å². The highest BCUT2D eigenvalue weighted by molar-refractivity contribution is 7.07. The molecule has 2 aromatic rings. The zero-order valence-corrected chi connectivity index (χ0v) is 13.1. The lowest BCUT2D eigenvalue weighted by atomic mass is 10.3. The van der Waals surface area contributed by atoms with Crippen molar-refractivity contribution in [1.29, 1.82) is 0 Å². The number of nitrogens with one attached hydrogen (secondary N) is 1. The van der Waals surface area contributed by atoms with Gasteiger partial charge in [-0.05, 0) is 25.4 Å². The largest absolute Gasteiger partial charge is 0.354 e. The third-order valence-electron chi connectivity index (χ3n) is 2.79. The van der Waals surface area contributed by atoms with E-state index >= 15 is 0 Å². The summed E-state index contributed by atoms with van der Waals surface area (Å²) in [4.78, 5) is 18.9. The lowest BCUT2D eigenvalue weighted by Gasteiger charge is -2.18. The Morgan fingerprint density at radius 2 is 2.05 bits per heavy atom. The third-order valence-corrected chi connectivity index (χ3v) is 3.59. The molecule has 0 radical (unpaired) electrons. The molecule has 0 atom stereocenters. The molecule has 1 N–H and O–H groups in total. The Morgan fingerprint density at radius 3 is 2.70 bits per heavy atom. The molecule has 6 nitrogen and oxygen atoms in total. The number of rotatable bonds is 7. The van der Waals surface area contributed by atoms with Gasteiger partial charge in [-0.1, -0.05) is 0 Å². The summed E-state index contributed by atoms with van der Waals surface area (Å²) in [6.07, 6.45) is 0.827. The van der Waals surface area contributed by atoms with Crippen molar-refractivity contribution in [1.82, 2.24) is 19.9 Å². The van der Waals surface area contributed by atoms with Crippen molar-refractivity contribution >= 4 is 34.8 Å². The number of aromatic nitrogens is 4. The van der Waals surface area contributed by atoms with E-state index in [4.69, 9.17) is 11.6 Å². The first kappa shape index (κ1) is 14.9. The van der Waals surface area contributed by atoms with Crippen LogP contribution in [0.5, 0.6) is 0 Å². The minimum absolute atomic E-state index is 0.207. The summed E-state index contributed by atoms with van der Waals surface area (Å²) < 4.78 is 0. The summed E-state index contributed by atoms with van der Waals surface area (Å²) in [5, 5.41) is 5.40. The van der Waals surface area contributed by atoms with Crippen molar-refractivity contribution in [3.05, 3.63) is 21.9 Å². The quantitative estimate of drug-likeness (QED) is 0.847. The van der Waals surface area contributed by atoms with E-state index in [0.29, 0.717) is 18.4 Å². The molecule has 2 rings (SSSR count). The van der Waals surface area contributed by atoms with Crippen LogP contribution in [0.4, 0.5) is 11.9 Å². The van der Waals surface area contributed by atoms with Gasteiger partial charge in [-0.3, -0.25) is 0 Å². The van der Waals surface area contributed by atoms with E-state index in [1.165, 1.54) is 0 Å². The Balaban J connectivity index is 2.00. The van der Waals surface area contributed by atoms with Gasteiger partial charge in [0.1, 0.15) is 0 Å². The molecule has 0 spiro atoms. The molecule has 0 aliphatic carbocycles. The third kappa shape index (κ3) is 4.01. The van der Waals surface area contributed by atoms with Gasteiger partial charge < -0.3 is 10.2 Å². The Morgan fingerprint density at radius 1 is 1.25 bits per heavy atom. The minimum Gasteiger partial charge on any atom is -0.354 e. The topological polar surface area (TPSA) is 66.8 Å². The first-order valence-electron chi connectivity index (χ1n) is 6.50. The van der Waals surface area contributed by atoms with E-state index in [1.54, 1.807) is 11.3 Å². The van der Waals surface area contributed by atoms with Crippen molar-refractivity contribution in [2.45, 2.75) is 20.3 Å². The molecule has 108 valence electrons. The Hall–Kier alpha value is -1.47. The van der Waals surface area contributed by atoms with Crippen LogP contribution in [0.25, 0.3) is 0 Å². The average Bonchev–Trinajstić information content (AvgIpc) is 2.93. The van der Waals surface area contributed by atoms with Crippen LogP contribution in [0.3, 0.4) is 0 Å². The highest BCUT2D eigenvalue weighted by atomic mass is 35.5. The maximum absolute atomic E-state index is 5.95. The number of hydrogen-bond acceptors (Lipinski definition) is 7. The molecular weight excluding hydrogens is 296 g/mol. The zero-order valence-electron chi connectivity index (χ0n) is 11.5. The summed E-state index contributed by atoms with van der Waals surface area (Å²) in [6, 6.07) is 0. The second-order valence-corrected chi connectivity index (χ2v) is 5.11. The summed E-state index contributed by atoms with van der Waals surface area (Å²) in [6.45, 7) is 6.47. The van der Waals surface area contributed by atoms with Crippen molar-refractivity contribution in [3.63, 3.8) is 0 Å². The van der Waals surface area contributed by atoms with Crippen molar-refractivity contribution in [3.8, 4) is 0 Å².